The highest BCUT2D eigenvalue weighted by atomic mass is 16.7. The molecule has 2 rings (SSSR count). The fourth-order valence-corrected chi connectivity index (χ4v) is 2.35. The minimum absolute atomic E-state index is 0.603. The van der Waals surface area contributed by atoms with Crippen LogP contribution >= 0.6 is 0 Å². The Morgan fingerprint density at radius 1 is 0.739 bits per heavy atom. The highest BCUT2D eigenvalue weighted by Crippen LogP contribution is 2.24. The van der Waals surface area contributed by atoms with E-state index in [9.17, 15) is 40.9 Å². The lowest BCUT2D eigenvalue weighted by Crippen LogP contribution is -2.61. The summed E-state index contributed by atoms with van der Waals surface area (Å²) in [7, 11) is 0. The van der Waals surface area contributed by atoms with Crippen LogP contribution in [-0.2, 0) is 14.2 Å². The molecular formula is C12H22O11. The zero-order chi connectivity index (χ0) is 19.1. The summed E-state index contributed by atoms with van der Waals surface area (Å²) in [5.74, 6) is 0. The van der Waals surface area contributed by atoms with Crippen molar-refractivity contribution in [1.82, 2.24) is 0 Å². The molecule has 0 aliphatic carbocycles. The van der Waals surface area contributed by atoms with Crippen molar-refractivity contribution >= 4 is 0 Å². The Hall–Kier alpha value is -0.440. The molecule has 8 N–H and O–H groups in total. The summed E-state index contributed by atoms with van der Waals surface area (Å²) >= 11 is 0. The average Bonchev–Trinajstić information content (AvgIpc) is 2.53. The summed E-state index contributed by atoms with van der Waals surface area (Å²) in [4.78, 5) is 0. The van der Waals surface area contributed by atoms with Crippen molar-refractivity contribution in [2.75, 3.05) is 13.2 Å². The molecule has 0 aromatic carbocycles. The molecule has 0 aromatic rings. The Labute approximate surface area is 133 Å². The molecule has 0 amide bonds. The second-order valence-electron chi connectivity index (χ2n) is 5.40. The molecule has 0 saturated carbocycles. The molecule has 10 atom stereocenters. The quantitative estimate of drug-likeness (QED) is 0.243. The minimum Gasteiger partial charge on any atom is -0.394 e. The summed E-state index contributed by atoms with van der Waals surface area (Å²) < 4.78 is 29.2. The van der Waals surface area contributed by atoms with Gasteiger partial charge in [0.15, 0.2) is 12.6 Å². The lowest BCUT2D eigenvalue weighted by Gasteiger charge is -2.41. The van der Waals surface area contributed by atoms with E-state index in [1.165, 1.54) is 0 Å². The first-order chi connectivity index (χ1) is 11.4. The van der Waals surface area contributed by atoms with E-state index in [1.54, 1.807) is 0 Å². The third kappa shape index (κ3) is 3.81. The SMILES string of the molecule is [2H]C([2H])(O)C1OC(OCC2OC(O)C(O)C(O)C2O)C(O)C(O)C1O. The molecule has 2 aliphatic heterocycles. The van der Waals surface area contributed by atoms with Crippen molar-refractivity contribution < 1.29 is 57.8 Å². The Morgan fingerprint density at radius 3 is 1.91 bits per heavy atom. The average molecular weight is 344 g/mol. The molecular weight excluding hydrogens is 320 g/mol. The molecule has 0 bridgehead atoms. The van der Waals surface area contributed by atoms with Crippen molar-refractivity contribution in [2.45, 2.75) is 61.4 Å². The molecule has 10 unspecified atom stereocenters. The number of rotatable bonds is 4. The van der Waals surface area contributed by atoms with Gasteiger partial charge in [0.1, 0.15) is 48.8 Å². The van der Waals surface area contributed by atoms with Gasteiger partial charge in [0, 0.05) is 0 Å². The van der Waals surface area contributed by atoms with Gasteiger partial charge >= 0.3 is 0 Å². The van der Waals surface area contributed by atoms with E-state index in [-0.39, 0.29) is 0 Å². The van der Waals surface area contributed by atoms with Gasteiger partial charge in [0.25, 0.3) is 0 Å². The molecule has 0 spiro atoms. The van der Waals surface area contributed by atoms with E-state index in [2.05, 4.69) is 0 Å². The minimum atomic E-state index is -3.06. The lowest BCUT2D eigenvalue weighted by atomic mass is 9.98. The highest BCUT2D eigenvalue weighted by molar-refractivity contribution is 4.91. The smallest absolute Gasteiger partial charge is 0.186 e. The van der Waals surface area contributed by atoms with Crippen molar-refractivity contribution in [3.8, 4) is 0 Å². The molecule has 0 radical (unpaired) electrons. The molecule has 136 valence electrons. The number of hydrogen-bond donors (Lipinski definition) is 8. The van der Waals surface area contributed by atoms with Crippen molar-refractivity contribution in [3.05, 3.63) is 0 Å². The Bertz CT molecular complexity index is 449. The fourth-order valence-electron chi connectivity index (χ4n) is 2.35. The number of aliphatic hydroxyl groups is 8. The first-order valence-electron chi connectivity index (χ1n) is 7.86. The van der Waals surface area contributed by atoms with Crippen LogP contribution in [-0.4, -0.2) is 115 Å². The summed E-state index contributed by atoms with van der Waals surface area (Å²) in [6, 6.07) is 0. The van der Waals surface area contributed by atoms with Crippen LogP contribution in [0, 0.1) is 0 Å². The molecule has 11 heteroatoms. The molecule has 0 aromatic heterocycles. The number of hydrogen-bond acceptors (Lipinski definition) is 11. The van der Waals surface area contributed by atoms with Gasteiger partial charge in [0.05, 0.1) is 15.9 Å². The summed E-state index contributed by atoms with van der Waals surface area (Å²) in [5, 5.41) is 76.7. The Balaban J connectivity index is 2.01. The highest BCUT2D eigenvalue weighted by Gasteiger charge is 2.46. The van der Waals surface area contributed by atoms with Crippen LogP contribution in [0.5, 0.6) is 0 Å². The lowest BCUT2D eigenvalue weighted by molar-refractivity contribution is -0.325. The first-order valence-corrected chi connectivity index (χ1v) is 6.86. The van der Waals surface area contributed by atoms with E-state index in [0.29, 0.717) is 0 Å². The van der Waals surface area contributed by atoms with Gasteiger partial charge in [-0.2, -0.15) is 0 Å². The second kappa shape index (κ2) is 7.63. The van der Waals surface area contributed by atoms with Crippen LogP contribution in [0.4, 0.5) is 0 Å². The third-order valence-electron chi connectivity index (χ3n) is 3.81. The van der Waals surface area contributed by atoms with Gasteiger partial charge < -0.3 is 55.1 Å². The maximum Gasteiger partial charge on any atom is 0.186 e. The van der Waals surface area contributed by atoms with Crippen molar-refractivity contribution in [2.24, 2.45) is 0 Å². The van der Waals surface area contributed by atoms with Crippen LogP contribution in [0.2, 0.25) is 0 Å². The van der Waals surface area contributed by atoms with Crippen LogP contribution in [0.25, 0.3) is 0 Å². The van der Waals surface area contributed by atoms with E-state index in [4.69, 9.17) is 17.0 Å². The Morgan fingerprint density at radius 2 is 1.30 bits per heavy atom. The van der Waals surface area contributed by atoms with Gasteiger partial charge in [0.2, 0.25) is 0 Å². The van der Waals surface area contributed by atoms with E-state index in [1.807, 2.05) is 0 Å². The van der Waals surface area contributed by atoms with Crippen LogP contribution in [0.1, 0.15) is 2.74 Å². The topological polar surface area (TPSA) is 190 Å². The summed E-state index contributed by atoms with van der Waals surface area (Å²) in [6.45, 7) is -3.66. The molecule has 23 heavy (non-hydrogen) atoms. The standard InChI is InChI=1S/C12H22O11/c13-1-3-5(14)8(17)10(19)12(23-3)21-2-4-6(15)7(16)9(18)11(20)22-4/h3-20H,1-2H2/i1D2. The Kier molecular flexibility index (Phi) is 5.33. The van der Waals surface area contributed by atoms with E-state index >= 15 is 0 Å². The number of ether oxygens (including phenoxy) is 3. The maximum absolute atomic E-state index is 9.83. The second-order valence-corrected chi connectivity index (χ2v) is 5.40. The number of aliphatic hydroxyl groups excluding tert-OH is 7. The van der Waals surface area contributed by atoms with Crippen LogP contribution < -0.4 is 0 Å². The van der Waals surface area contributed by atoms with Gasteiger partial charge in [-0.05, 0) is 0 Å². The fraction of sp³-hybridized carbons (Fsp3) is 1.00. The maximum atomic E-state index is 9.83. The van der Waals surface area contributed by atoms with Gasteiger partial charge in [-0.3, -0.25) is 0 Å². The third-order valence-corrected chi connectivity index (χ3v) is 3.81. The zero-order valence-corrected chi connectivity index (χ0v) is 11.8. The van der Waals surface area contributed by atoms with Crippen molar-refractivity contribution in [3.63, 3.8) is 0 Å². The summed E-state index contributed by atoms with van der Waals surface area (Å²) in [5.41, 5.74) is 0. The largest absolute Gasteiger partial charge is 0.394 e. The zero-order valence-electron chi connectivity index (χ0n) is 13.8. The first kappa shape index (κ1) is 16.1. The predicted octanol–water partition coefficient (Wildman–Crippen LogP) is -5.40. The normalized spacial score (nSPS) is 53.6. The van der Waals surface area contributed by atoms with Crippen molar-refractivity contribution in [1.29, 1.82) is 0 Å². The van der Waals surface area contributed by atoms with Gasteiger partial charge in [-0.15, -0.1) is 0 Å². The summed E-state index contributed by atoms with van der Waals surface area (Å²) in [6.07, 6.45) is -17.6. The van der Waals surface area contributed by atoms with Gasteiger partial charge in [-0.1, -0.05) is 0 Å². The predicted molar refractivity (Wildman–Crippen MR) is 68.6 cm³/mol. The monoisotopic (exact) mass is 344 g/mol. The van der Waals surface area contributed by atoms with E-state index in [0.717, 1.165) is 0 Å². The molecule has 2 fully saturated rings. The molecule has 2 saturated heterocycles. The van der Waals surface area contributed by atoms with Gasteiger partial charge in [-0.25, -0.2) is 0 Å². The molecule has 2 heterocycles. The molecule has 2 aliphatic rings. The van der Waals surface area contributed by atoms with Crippen LogP contribution in [0.3, 0.4) is 0 Å². The van der Waals surface area contributed by atoms with Crippen LogP contribution in [0.15, 0.2) is 0 Å². The van der Waals surface area contributed by atoms with E-state index < -0.39 is 74.6 Å². The molecule has 11 nitrogen and oxygen atoms in total.